The summed E-state index contributed by atoms with van der Waals surface area (Å²) in [7, 11) is 1.52. The van der Waals surface area contributed by atoms with E-state index in [4.69, 9.17) is 4.74 Å². The zero-order valence-corrected chi connectivity index (χ0v) is 19.0. The number of hydrogen-bond donors (Lipinski definition) is 3. The number of hydrogen-bond acceptors (Lipinski definition) is 6. The molecule has 1 aliphatic rings. The fourth-order valence-corrected chi connectivity index (χ4v) is 4.10. The highest BCUT2D eigenvalue weighted by molar-refractivity contribution is 6.06. The van der Waals surface area contributed by atoms with E-state index in [0.717, 1.165) is 0 Å². The number of halogens is 1. The molecule has 0 saturated heterocycles. The van der Waals surface area contributed by atoms with Gasteiger partial charge in [-0.25, -0.2) is 9.07 Å². The van der Waals surface area contributed by atoms with Crippen molar-refractivity contribution in [3.63, 3.8) is 0 Å². The number of fused-ring (bicyclic) bond motifs is 1. The molecule has 0 fully saturated rings. The highest BCUT2D eigenvalue weighted by atomic mass is 19.1. The van der Waals surface area contributed by atoms with Gasteiger partial charge < -0.3 is 20.5 Å². The molecule has 3 N–H and O–H groups in total. The van der Waals surface area contributed by atoms with Crippen LogP contribution in [0.2, 0.25) is 0 Å². The van der Waals surface area contributed by atoms with Crippen LogP contribution in [0, 0.1) is 5.82 Å². The number of carbonyl (C=O) groups excluding carboxylic acids is 1. The maximum atomic E-state index is 15.1. The maximum Gasteiger partial charge on any atom is 0.255 e. The van der Waals surface area contributed by atoms with Crippen LogP contribution in [-0.2, 0) is 4.79 Å². The van der Waals surface area contributed by atoms with Crippen LogP contribution in [0.25, 0.3) is 11.4 Å². The number of benzene rings is 3. The van der Waals surface area contributed by atoms with Crippen LogP contribution in [0.15, 0.2) is 84.1 Å². The molecule has 176 valence electrons. The molecule has 2 heterocycles. The van der Waals surface area contributed by atoms with Gasteiger partial charge in [0.2, 0.25) is 5.95 Å². The summed E-state index contributed by atoms with van der Waals surface area (Å²) in [6, 6.07) is 18.9. The Kier molecular flexibility index (Phi) is 5.66. The number of aromatic hydroxyl groups is 1. The molecule has 0 radical (unpaired) electrons. The van der Waals surface area contributed by atoms with E-state index in [1.54, 1.807) is 61.5 Å². The van der Waals surface area contributed by atoms with Gasteiger partial charge in [0.15, 0.2) is 5.82 Å². The first-order valence-corrected chi connectivity index (χ1v) is 10.9. The number of methoxy groups -OCH3 is 1. The smallest absolute Gasteiger partial charge is 0.255 e. The summed E-state index contributed by atoms with van der Waals surface area (Å²) in [4.78, 5) is 18.2. The van der Waals surface area contributed by atoms with Gasteiger partial charge in [-0.2, -0.15) is 4.98 Å². The molecule has 0 aliphatic carbocycles. The molecule has 1 unspecified atom stereocenters. The normalized spacial score (nSPS) is 14.8. The summed E-state index contributed by atoms with van der Waals surface area (Å²) < 4.78 is 21.9. The molecule has 3 aromatic carbocycles. The number of carbonyl (C=O) groups is 1. The van der Waals surface area contributed by atoms with Gasteiger partial charge >= 0.3 is 0 Å². The van der Waals surface area contributed by atoms with Crippen LogP contribution in [0.3, 0.4) is 0 Å². The zero-order valence-electron chi connectivity index (χ0n) is 19.0. The van der Waals surface area contributed by atoms with Gasteiger partial charge in [-0.1, -0.05) is 30.3 Å². The predicted molar refractivity (Wildman–Crippen MR) is 130 cm³/mol. The number of nitrogens with one attached hydrogen (secondary N) is 2. The van der Waals surface area contributed by atoms with Crippen LogP contribution < -0.4 is 15.4 Å². The molecule has 0 bridgehead atoms. The third-order valence-corrected chi connectivity index (χ3v) is 5.78. The summed E-state index contributed by atoms with van der Waals surface area (Å²) in [5.41, 5.74) is 2.23. The molecular weight excluding hydrogens is 449 g/mol. The predicted octanol–water partition coefficient (Wildman–Crippen LogP) is 4.73. The highest BCUT2D eigenvalue weighted by Gasteiger charge is 2.36. The van der Waals surface area contributed by atoms with Gasteiger partial charge in [-0.3, -0.25) is 4.79 Å². The molecule has 1 aliphatic heterocycles. The second-order valence-electron chi connectivity index (χ2n) is 7.99. The van der Waals surface area contributed by atoms with Gasteiger partial charge in [0.05, 0.1) is 18.4 Å². The summed E-state index contributed by atoms with van der Waals surface area (Å²) in [6.07, 6.45) is 0. The fourth-order valence-electron chi connectivity index (χ4n) is 4.10. The second kappa shape index (κ2) is 8.94. The molecule has 1 atom stereocenters. The first-order chi connectivity index (χ1) is 17.0. The Balaban J connectivity index is 1.61. The topological polar surface area (TPSA) is 101 Å². The van der Waals surface area contributed by atoms with Crippen LogP contribution in [-0.4, -0.2) is 32.9 Å². The van der Waals surface area contributed by atoms with Crippen molar-refractivity contribution in [3.8, 4) is 22.9 Å². The van der Waals surface area contributed by atoms with E-state index < -0.39 is 17.8 Å². The first-order valence-electron chi connectivity index (χ1n) is 10.9. The van der Waals surface area contributed by atoms with Gasteiger partial charge in [-0.05, 0) is 49.4 Å². The van der Waals surface area contributed by atoms with Crippen molar-refractivity contribution in [2.75, 3.05) is 17.7 Å². The average Bonchev–Trinajstić information content (AvgIpc) is 3.28. The maximum absolute atomic E-state index is 15.1. The van der Waals surface area contributed by atoms with Crippen molar-refractivity contribution < 1.29 is 19.0 Å². The van der Waals surface area contributed by atoms with E-state index in [-0.39, 0.29) is 16.9 Å². The minimum Gasteiger partial charge on any atom is -0.508 e. The van der Waals surface area contributed by atoms with Crippen LogP contribution in [0.1, 0.15) is 18.5 Å². The third-order valence-electron chi connectivity index (χ3n) is 5.78. The minimum absolute atomic E-state index is 0.118. The van der Waals surface area contributed by atoms with Gasteiger partial charge in [0.25, 0.3) is 5.91 Å². The number of allylic oxidation sites excluding steroid dienone is 1. The molecule has 1 amide bonds. The second-order valence-corrected chi connectivity index (χ2v) is 7.99. The molecule has 0 saturated carbocycles. The van der Waals surface area contributed by atoms with Crippen molar-refractivity contribution in [1.29, 1.82) is 0 Å². The molecule has 9 heteroatoms. The molecule has 0 spiro atoms. The first kappa shape index (κ1) is 22.1. The van der Waals surface area contributed by atoms with E-state index in [0.29, 0.717) is 34.5 Å². The lowest BCUT2D eigenvalue weighted by molar-refractivity contribution is -0.113. The molecule has 1 aromatic heterocycles. The summed E-state index contributed by atoms with van der Waals surface area (Å²) in [6.45, 7) is 1.74. The number of phenols is 1. The Labute approximate surface area is 200 Å². The average molecular weight is 471 g/mol. The monoisotopic (exact) mass is 471 g/mol. The number of anilines is 2. The standard InChI is InChI=1S/C26H22FN5O3/c1-15-22(25(34)29-20-9-5-6-10-21(20)35-2)23(18-7-3-4-8-19(18)27)32-26(28-15)30-24(31-32)16-11-13-17(33)14-12-16/h3-14,23,33H,1-2H3,(H,29,34)(H,28,30,31). The summed E-state index contributed by atoms with van der Waals surface area (Å²) in [5, 5.41) is 20.2. The third kappa shape index (κ3) is 4.08. The minimum atomic E-state index is -0.875. The summed E-state index contributed by atoms with van der Waals surface area (Å²) >= 11 is 0. The number of para-hydroxylation sites is 2. The number of ether oxygens (including phenoxy) is 1. The van der Waals surface area contributed by atoms with Crippen molar-refractivity contribution in [2.45, 2.75) is 13.0 Å². The Bertz CT molecular complexity index is 1450. The Morgan fingerprint density at radius 2 is 1.80 bits per heavy atom. The van der Waals surface area contributed by atoms with Crippen molar-refractivity contribution in [3.05, 3.63) is 95.4 Å². The van der Waals surface area contributed by atoms with E-state index in [1.807, 2.05) is 0 Å². The van der Waals surface area contributed by atoms with Crippen molar-refractivity contribution in [2.24, 2.45) is 0 Å². The molecule has 8 nitrogen and oxygen atoms in total. The zero-order chi connectivity index (χ0) is 24.5. The number of amides is 1. The fraction of sp³-hybridized carbons (Fsp3) is 0.115. The van der Waals surface area contributed by atoms with Gasteiger partial charge in [-0.15, -0.1) is 5.10 Å². The Morgan fingerprint density at radius 3 is 2.54 bits per heavy atom. The number of nitrogens with zero attached hydrogens (tertiary/aromatic N) is 3. The summed E-state index contributed by atoms with van der Waals surface area (Å²) in [5.74, 6) is 0.456. The number of phenolic OH excluding ortho intramolecular Hbond substituents is 1. The number of aromatic nitrogens is 3. The number of rotatable bonds is 5. The van der Waals surface area contributed by atoms with Gasteiger partial charge in [0.1, 0.15) is 23.4 Å². The lowest BCUT2D eigenvalue weighted by atomic mass is 9.94. The van der Waals surface area contributed by atoms with Crippen LogP contribution in [0.4, 0.5) is 16.0 Å². The Morgan fingerprint density at radius 1 is 1.09 bits per heavy atom. The highest BCUT2D eigenvalue weighted by Crippen LogP contribution is 2.38. The van der Waals surface area contributed by atoms with Crippen molar-refractivity contribution in [1.82, 2.24) is 14.8 Å². The van der Waals surface area contributed by atoms with E-state index in [1.165, 1.54) is 30.0 Å². The van der Waals surface area contributed by atoms with E-state index in [9.17, 15) is 9.90 Å². The molecule has 5 rings (SSSR count). The lowest BCUT2D eigenvalue weighted by Crippen LogP contribution is -2.32. The van der Waals surface area contributed by atoms with E-state index in [2.05, 4.69) is 20.7 Å². The van der Waals surface area contributed by atoms with Crippen LogP contribution >= 0.6 is 0 Å². The van der Waals surface area contributed by atoms with Crippen LogP contribution in [0.5, 0.6) is 11.5 Å². The van der Waals surface area contributed by atoms with Crippen molar-refractivity contribution >= 4 is 17.5 Å². The quantitative estimate of drug-likeness (QED) is 0.389. The van der Waals surface area contributed by atoms with E-state index >= 15 is 4.39 Å². The molecule has 4 aromatic rings. The molecule has 35 heavy (non-hydrogen) atoms. The lowest BCUT2D eigenvalue weighted by Gasteiger charge is -2.29. The Hall–Kier alpha value is -4.66. The van der Waals surface area contributed by atoms with Gasteiger partial charge in [0, 0.05) is 16.8 Å². The molecular formula is C26H22FN5O3. The largest absolute Gasteiger partial charge is 0.508 e. The SMILES string of the molecule is COc1ccccc1NC(=O)C1=C(C)Nc2nc(-c3ccc(O)cc3)nn2C1c1ccccc1F.